The van der Waals surface area contributed by atoms with Gasteiger partial charge in [-0.1, -0.05) is 38.5 Å². The number of fused-ring (bicyclic) bond motifs is 1. The predicted molar refractivity (Wildman–Crippen MR) is 100 cm³/mol. The number of nitrogens with one attached hydrogen (secondary N) is 1. The minimum Gasteiger partial charge on any atom is -0.350 e. The van der Waals surface area contributed by atoms with Crippen LogP contribution in [0.3, 0.4) is 0 Å². The maximum atomic E-state index is 11.6. The second-order valence-electron chi connectivity index (χ2n) is 6.99. The van der Waals surface area contributed by atoms with Crippen LogP contribution in [0.1, 0.15) is 58.6 Å². The first kappa shape index (κ1) is 16.8. The molecular weight excluding hydrogens is 296 g/mol. The summed E-state index contributed by atoms with van der Waals surface area (Å²) in [6.07, 6.45) is 8.34. The van der Waals surface area contributed by atoms with Crippen molar-refractivity contribution in [2.75, 3.05) is 5.32 Å². The van der Waals surface area contributed by atoms with E-state index in [1.165, 1.54) is 43.4 Å². The standard InChI is InChI=1S/C21H28N2O/c1-4-12-21(5-2)13-8-14-23-15-11-18(20(21)23)17-9-6-7-10-19(17)22-16(3)24/h6-7,9-11,15H,4-5,8,12-14H2,1-3H3,(H,22,24)/t21-/m1/s1. The number of aryl methyl sites for hydroxylation is 1. The molecule has 0 spiro atoms. The van der Waals surface area contributed by atoms with Gasteiger partial charge in [0.05, 0.1) is 0 Å². The molecule has 1 atom stereocenters. The van der Waals surface area contributed by atoms with Crippen molar-refractivity contribution in [3.05, 3.63) is 42.2 Å². The first-order valence-corrected chi connectivity index (χ1v) is 9.18. The molecule has 2 heterocycles. The summed E-state index contributed by atoms with van der Waals surface area (Å²) in [6, 6.07) is 10.4. The summed E-state index contributed by atoms with van der Waals surface area (Å²) in [6.45, 7) is 7.27. The van der Waals surface area contributed by atoms with Crippen molar-refractivity contribution in [2.24, 2.45) is 0 Å². The highest BCUT2D eigenvalue weighted by atomic mass is 16.1. The van der Waals surface area contributed by atoms with Gasteiger partial charge in [-0.15, -0.1) is 0 Å². The van der Waals surface area contributed by atoms with Crippen molar-refractivity contribution in [3.63, 3.8) is 0 Å². The molecular formula is C21H28N2O. The van der Waals surface area contributed by atoms with Crippen molar-refractivity contribution in [1.29, 1.82) is 0 Å². The van der Waals surface area contributed by atoms with Gasteiger partial charge in [-0.3, -0.25) is 4.79 Å². The number of rotatable bonds is 5. The lowest BCUT2D eigenvalue weighted by Crippen LogP contribution is -2.33. The van der Waals surface area contributed by atoms with Gasteiger partial charge >= 0.3 is 0 Å². The van der Waals surface area contributed by atoms with Crippen molar-refractivity contribution in [2.45, 2.75) is 64.8 Å². The first-order chi connectivity index (χ1) is 11.6. The molecule has 0 bridgehead atoms. The minimum absolute atomic E-state index is 0.0224. The molecule has 1 aliphatic heterocycles. The summed E-state index contributed by atoms with van der Waals surface area (Å²) < 4.78 is 2.45. The van der Waals surface area contributed by atoms with E-state index in [-0.39, 0.29) is 11.3 Å². The molecule has 0 unspecified atom stereocenters. The highest BCUT2D eigenvalue weighted by Crippen LogP contribution is 2.46. The number of carbonyl (C=O) groups is 1. The number of benzene rings is 1. The fraction of sp³-hybridized carbons (Fsp3) is 0.476. The van der Waals surface area contributed by atoms with Gasteiger partial charge in [0.25, 0.3) is 0 Å². The van der Waals surface area contributed by atoms with Crippen LogP contribution in [-0.4, -0.2) is 10.5 Å². The fourth-order valence-electron chi connectivity index (χ4n) is 4.43. The fourth-order valence-corrected chi connectivity index (χ4v) is 4.43. The van der Waals surface area contributed by atoms with Gasteiger partial charge in [0.2, 0.25) is 5.91 Å². The second kappa shape index (κ2) is 6.84. The van der Waals surface area contributed by atoms with E-state index in [2.05, 4.69) is 48.1 Å². The number of nitrogens with zero attached hydrogens (tertiary/aromatic N) is 1. The Morgan fingerprint density at radius 2 is 2.00 bits per heavy atom. The third-order valence-electron chi connectivity index (χ3n) is 5.45. The molecule has 24 heavy (non-hydrogen) atoms. The van der Waals surface area contributed by atoms with Gasteiger partial charge in [-0.25, -0.2) is 0 Å². The SMILES string of the molecule is CCC[C@]1(CC)CCCn2ccc(-c3ccccc3NC(C)=O)c21. The number of para-hydroxylation sites is 1. The summed E-state index contributed by atoms with van der Waals surface area (Å²) in [5, 5.41) is 3.00. The maximum Gasteiger partial charge on any atom is 0.221 e. The summed E-state index contributed by atoms with van der Waals surface area (Å²) in [5.41, 5.74) is 5.06. The van der Waals surface area contributed by atoms with Crippen LogP contribution in [0.15, 0.2) is 36.5 Å². The number of aromatic nitrogens is 1. The quantitative estimate of drug-likeness (QED) is 0.790. The third-order valence-corrected chi connectivity index (χ3v) is 5.45. The molecule has 2 aromatic rings. The first-order valence-electron chi connectivity index (χ1n) is 9.18. The average molecular weight is 324 g/mol. The summed E-state index contributed by atoms with van der Waals surface area (Å²) in [5.74, 6) is -0.0224. The van der Waals surface area contributed by atoms with Gasteiger partial charge in [-0.2, -0.15) is 0 Å². The van der Waals surface area contributed by atoms with Gasteiger partial charge in [0, 0.05) is 47.6 Å². The van der Waals surface area contributed by atoms with Crippen molar-refractivity contribution in [3.8, 4) is 11.1 Å². The molecule has 1 amide bonds. The Morgan fingerprint density at radius 1 is 1.21 bits per heavy atom. The molecule has 3 nitrogen and oxygen atoms in total. The normalized spacial score (nSPS) is 19.8. The zero-order valence-electron chi connectivity index (χ0n) is 15.1. The molecule has 1 aliphatic rings. The van der Waals surface area contributed by atoms with Crippen LogP contribution in [-0.2, 0) is 16.8 Å². The highest BCUT2D eigenvalue weighted by Gasteiger charge is 2.37. The number of hydrogen-bond donors (Lipinski definition) is 1. The molecule has 1 aromatic carbocycles. The Hall–Kier alpha value is -2.03. The predicted octanol–water partition coefficient (Wildman–Crippen LogP) is 5.36. The van der Waals surface area contributed by atoms with E-state index < -0.39 is 0 Å². The van der Waals surface area contributed by atoms with E-state index in [1.54, 1.807) is 6.92 Å². The molecule has 1 N–H and O–H groups in total. The second-order valence-corrected chi connectivity index (χ2v) is 6.99. The third kappa shape index (κ3) is 2.88. The molecule has 1 aromatic heterocycles. The van der Waals surface area contributed by atoms with Crippen LogP contribution in [0.25, 0.3) is 11.1 Å². The lowest BCUT2D eigenvalue weighted by atomic mass is 9.70. The van der Waals surface area contributed by atoms with E-state index in [0.717, 1.165) is 17.8 Å². The summed E-state index contributed by atoms with van der Waals surface area (Å²) in [7, 11) is 0. The Kier molecular flexibility index (Phi) is 4.79. The minimum atomic E-state index is -0.0224. The molecule has 0 saturated carbocycles. The van der Waals surface area contributed by atoms with Crippen LogP contribution in [0.2, 0.25) is 0 Å². The maximum absolute atomic E-state index is 11.6. The number of carbonyl (C=O) groups excluding carboxylic acids is 1. The zero-order valence-corrected chi connectivity index (χ0v) is 15.1. The Balaban J connectivity index is 2.16. The van der Waals surface area contributed by atoms with E-state index in [0.29, 0.717) is 0 Å². The molecule has 0 saturated heterocycles. The lowest BCUT2D eigenvalue weighted by molar-refractivity contribution is -0.114. The molecule has 3 rings (SSSR count). The van der Waals surface area contributed by atoms with Gasteiger partial charge < -0.3 is 9.88 Å². The Bertz CT molecular complexity index is 731. The van der Waals surface area contributed by atoms with Gasteiger partial charge in [-0.05, 0) is 37.8 Å². The molecule has 3 heteroatoms. The summed E-state index contributed by atoms with van der Waals surface area (Å²) in [4.78, 5) is 11.6. The van der Waals surface area contributed by atoms with Gasteiger partial charge in [0.15, 0.2) is 0 Å². The largest absolute Gasteiger partial charge is 0.350 e. The van der Waals surface area contributed by atoms with Crippen molar-refractivity contribution < 1.29 is 4.79 Å². The highest BCUT2D eigenvalue weighted by molar-refractivity contribution is 5.94. The number of anilines is 1. The van der Waals surface area contributed by atoms with Crippen LogP contribution >= 0.6 is 0 Å². The van der Waals surface area contributed by atoms with E-state index in [9.17, 15) is 4.79 Å². The van der Waals surface area contributed by atoms with E-state index in [4.69, 9.17) is 0 Å². The molecule has 0 fully saturated rings. The van der Waals surface area contributed by atoms with Crippen LogP contribution in [0.4, 0.5) is 5.69 Å². The number of amides is 1. The van der Waals surface area contributed by atoms with Crippen LogP contribution in [0.5, 0.6) is 0 Å². The van der Waals surface area contributed by atoms with Crippen molar-refractivity contribution in [1.82, 2.24) is 4.57 Å². The number of hydrogen-bond acceptors (Lipinski definition) is 1. The Morgan fingerprint density at radius 3 is 2.71 bits per heavy atom. The lowest BCUT2D eigenvalue weighted by Gasteiger charge is -2.39. The van der Waals surface area contributed by atoms with Crippen LogP contribution in [0, 0.1) is 0 Å². The molecule has 0 radical (unpaired) electrons. The molecule has 0 aliphatic carbocycles. The topological polar surface area (TPSA) is 34.0 Å². The van der Waals surface area contributed by atoms with Crippen LogP contribution < -0.4 is 5.32 Å². The smallest absolute Gasteiger partial charge is 0.221 e. The zero-order chi connectivity index (χ0) is 17.2. The van der Waals surface area contributed by atoms with Crippen molar-refractivity contribution >= 4 is 11.6 Å². The average Bonchev–Trinajstić information content (AvgIpc) is 3.00. The monoisotopic (exact) mass is 324 g/mol. The van der Waals surface area contributed by atoms with E-state index in [1.807, 2.05) is 12.1 Å². The molecule has 128 valence electrons. The van der Waals surface area contributed by atoms with E-state index >= 15 is 0 Å². The summed E-state index contributed by atoms with van der Waals surface area (Å²) >= 11 is 0. The van der Waals surface area contributed by atoms with Gasteiger partial charge in [0.1, 0.15) is 0 Å². The Labute approximate surface area is 145 Å².